The van der Waals surface area contributed by atoms with Crippen molar-refractivity contribution in [3.8, 4) is 5.75 Å². The van der Waals surface area contributed by atoms with Crippen LogP contribution in [-0.4, -0.2) is 33.8 Å². The number of amides is 1. The van der Waals surface area contributed by atoms with Gasteiger partial charge in [0, 0.05) is 22.6 Å². The molecule has 0 aliphatic heterocycles. The Morgan fingerprint density at radius 3 is 2.76 bits per heavy atom. The summed E-state index contributed by atoms with van der Waals surface area (Å²) < 4.78 is 7.38. The summed E-state index contributed by atoms with van der Waals surface area (Å²) in [6.45, 7) is 4.84. The lowest BCUT2D eigenvalue weighted by Crippen LogP contribution is -2.28. The van der Waals surface area contributed by atoms with Gasteiger partial charge < -0.3 is 10.1 Å². The van der Waals surface area contributed by atoms with Gasteiger partial charge in [-0.05, 0) is 44.2 Å². The molecule has 130 valence electrons. The van der Waals surface area contributed by atoms with Gasteiger partial charge in [-0.2, -0.15) is 5.10 Å². The van der Waals surface area contributed by atoms with Crippen LogP contribution in [0.3, 0.4) is 0 Å². The van der Waals surface area contributed by atoms with Gasteiger partial charge in [-0.3, -0.25) is 4.79 Å². The number of nitrogens with zero attached hydrogens (tertiary/aromatic N) is 3. The van der Waals surface area contributed by atoms with Crippen LogP contribution in [-0.2, 0) is 0 Å². The Hall–Kier alpha value is -2.60. The van der Waals surface area contributed by atoms with E-state index in [9.17, 15) is 4.79 Å². The predicted molar refractivity (Wildman–Crippen MR) is 97.2 cm³/mol. The van der Waals surface area contributed by atoms with E-state index in [4.69, 9.17) is 16.3 Å². The maximum atomic E-state index is 12.2. The van der Waals surface area contributed by atoms with Crippen LogP contribution in [0.5, 0.6) is 5.75 Å². The highest BCUT2D eigenvalue weighted by atomic mass is 35.5. The quantitative estimate of drug-likeness (QED) is 0.685. The molecule has 7 heteroatoms. The molecule has 0 aliphatic rings. The topological polar surface area (TPSA) is 69.0 Å². The Morgan fingerprint density at radius 1 is 1.28 bits per heavy atom. The zero-order chi connectivity index (χ0) is 17.8. The smallest absolute Gasteiger partial charge is 0.252 e. The van der Waals surface area contributed by atoms with Crippen LogP contribution in [0.2, 0.25) is 5.02 Å². The highest BCUT2D eigenvalue weighted by molar-refractivity contribution is 6.30. The normalized spacial score (nSPS) is 11.0. The molecule has 1 aromatic carbocycles. The Kier molecular flexibility index (Phi) is 5.19. The summed E-state index contributed by atoms with van der Waals surface area (Å²) in [5.41, 5.74) is 1.28. The van der Waals surface area contributed by atoms with Crippen molar-refractivity contribution in [3.05, 3.63) is 53.3 Å². The van der Waals surface area contributed by atoms with Gasteiger partial charge in [0.2, 0.25) is 0 Å². The molecule has 25 heavy (non-hydrogen) atoms. The summed E-state index contributed by atoms with van der Waals surface area (Å²) in [6.07, 6.45) is 3.29. The van der Waals surface area contributed by atoms with Crippen LogP contribution >= 0.6 is 11.6 Å². The number of hydrogen-bond donors (Lipinski definition) is 1. The fraction of sp³-hybridized carbons (Fsp3) is 0.278. The molecular weight excluding hydrogens is 340 g/mol. The van der Waals surface area contributed by atoms with Crippen LogP contribution in [0.25, 0.3) is 11.0 Å². The Labute approximate surface area is 150 Å². The molecule has 3 rings (SSSR count). The van der Waals surface area contributed by atoms with E-state index in [1.54, 1.807) is 42.7 Å². The van der Waals surface area contributed by atoms with E-state index >= 15 is 0 Å². The number of hydrogen-bond acceptors (Lipinski definition) is 4. The molecule has 2 aromatic heterocycles. The highest BCUT2D eigenvalue weighted by Crippen LogP contribution is 2.17. The van der Waals surface area contributed by atoms with Gasteiger partial charge >= 0.3 is 0 Å². The van der Waals surface area contributed by atoms with Crippen LogP contribution < -0.4 is 10.1 Å². The monoisotopic (exact) mass is 358 g/mol. The highest BCUT2D eigenvalue weighted by Gasteiger charge is 2.11. The van der Waals surface area contributed by atoms with E-state index in [0.717, 1.165) is 11.0 Å². The number of ether oxygens (including phenoxy) is 1. The molecule has 0 bridgehead atoms. The van der Waals surface area contributed by atoms with Crippen molar-refractivity contribution in [2.24, 2.45) is 0 Å². The third kappa shape index (κ3) is 4.09. The zero-order valence-corrected chi connectivity index (χ0v) is 14.8. The average Bonchev–Trinajstić information content (AvgIpc) is 3.03. The summed E-state index contributed by atoms with van der Waals surface area (Å²) in [6, 6.07) is 9.10. The number of fused-ring (bicyclic) bond motifs is 1. The lowest BCUT2D eigenvalue weighted by atomic mass is 10.2. The summed E-state index contributed by atoms with van der Waals surface area (Å²) >= 11 is 5.82. The largest absolute Gasteiger partial charge is 0.492 e. The minimum atomic E-state index is -0.189. The minimum Gasteiger partial charge on any atom is -0.492 e. The number of benzene rings is 1. The molecule has 0 fully saturated rings. The van der Waals surface area contributed by atoms with Crippen molar-refractivity contribution in [1.29, 1.82) is 0 Å². The second-order valence-corrected chi connectivity index (χ2v) is 6.31. The van der Waals surface area contributed by atoms with Crippen LogP contribution in [0.4, 0.5) is 0 Å². The van der Waals surface area contributed by atoms with Crippen molar-refractivity contribution < 1.29 is 9.53 Å². The molecule has 0 saturated heterocycles. The molecule has 0 atom stereocenters. The van der Waals surface area contributed by atoms with Crippen molar-refractivity contribution in [2.75, 3.05) is 13.2 Å². The van der Waals surface area contributed by atoms with Gasteiger partial charge in [0.05, 0.1) is 18.3 Å². The molecule has 0 aliphatic carbocycles. The first kappa shape index (κ1) is 17.2. The maximum Gasteiger partial charge on any atom is 0.252 e. The van der Waals surface area contributed by atoms with Gasteiger partial charge in [-0.15, -0.1) is 0 Å². The van der Waals surface area contributed by atoms with E-state index in [-0.39, 0.29) is 11.9 Å². The average molecular weight is 359 g/mol. The van der Waals surface area contributed by atoms with E-state index < -0.39 is 0 Å². The third-order valence-electron chi connectivity index (χ3n) is 3.65. The Morgan fingerprint density at radius 2 is 2.04 bits per heavy atom. The molecule has 0 saturated carbocycles. The molecular formula is C18H19ClN4O2. The van der Waals surface area contributed by atoms with Crippen molar-refractivity contribution in [2.45, 2.75) is 19.9 Å². The first-order valence-electron chi connectivity index (χ1n) is 8.04. The summed E-state index contributed by atoms with van der Waals surface area (Å²) in [5, 5.41) is 8.62. The van der Waals surface area contributed by atoms with Crippen LogP contribution in [0.15, 0.2) is 42.7 Å². The molecule has 0 unspecified atom stereocenters. The summed E-state index contributed by atoms with van der Waals surface area (Å²) in [5.74, 6) is 0.522. The van der Waals surface area contributed by atoms with E-state index in [1.807, 2.05) is 18.5 Å². The number of pyridine rings is 1. The number of halogens is 1. The lowest BCUT2D eigenvalue weighted by Gasteiger charge is -2.08. The molecule has 1 amide bonds. The third-order valence-corrected chi connectivity index (χ3v) is 3.91. The molecule has 0 spiro atoms. The second kappa shape index (κ2) is 7.53. The van der Waals surface area contributed by atoms with Crippen LogP contribution in [0.1, 0.15) is 30.2 Å². The number of carbonyl (C=O) groups excluding carboxylic acids is 1. The van der Waals surface area contributed by atoms with E-state index in [2.05, 4.69) is 15.4 Å². The van der Waals surface area contributed by atoms with Crippen LogP contribution in [0, 0.1) is 0 Å². The number of rotatable bonds is 6. The lowest BCUT2D eigenvalue weighted by molar-refractivity contribution is 0.0947. The fourth-order valence-electron chi connectivity index (χ4n) is 2.41. The molecule has 2 heterocycles. The standard InChI is InChI=1S/C18H19ClN4O2/c1-12(2)23-17-13(11-22-23)9-14(10-21-17)18(24)20-7-8-25-16-5-3-15(19)4-6-16/h3-6,9-12H,7-8H2,1-2H3,(H,20,24). The Bertz CT molecular complexity index is 874. The van der Waals surface area contributed by atoms with Crippen molar-refractivity contribution in [1.82, 2.24) is 20.1 Å². The number of aromatic nitrogens is 3. The first-order valence-corrected chi connectivity index (χ1v) is 8.42. The van der Waals surface area contributed by atoms with Crippen molar-refractivity contribution >= 4 is 28.5 Å². The number of nitrogens with one attached hydrogen (secondary N) is 1. The molecule has 0 radical (unpaired) electrons. The van der Waals surface area contributed by atoms with E-state index in [0.29, 0.717) is 29.5 Å². The van der Waals surface area contributed by atoms with Gasteiger partial charge in [0.15, 0.2) is 5.65 Å². The fourth-order valence-corrected chi connectivity index (χ4v) is 2.53. The molecule has 6 nitrogen and oxygen atoms in total. The molecule has 1 N–H and O–H groups in total. The van der Waals surface area contributed by atoms with Crippen molar-refractivity contribution in [3.63, 3.8) is 0 Å². The SMILES string of the molecule is CC(C)n1ncc2cc(C(=O)NCCOc3ccc(Cl)cc3)cnc21. The van der Waals surface area contributed by atoms with Gasteiger partial charge in [-0.25, -0.2) is 9.67 Å². The predicted octanol–water partition coefficient (Wildman–Crippen LogP) is 3.47. The van der Waals surface area contributed by atoms with Gasteiger partial charge in [0.25, 0.3) is 5.91 Å². The Balaban J connectivity index is 1.56. The maximum absolute atomic E-state index is 12.2. The van der Waals surface area contributed by atoms with Gasteiger partial charge in [-0.1, -0.05) is 11.6 Å². The minimum absolute atomic E-state index is 0.189. The van der Waals surface area contributed by atoms with E-state index in [1.165, 1.54) is 0 Å². The molecule has 3 aromatic rings. The summed E-state index contributed by atoms with van der Waals surface area (Å²) in [7, 11) is 0. The zero-order valence-electron chi connectivity index (χ0n) is 14.1. The second-order valence-electron chi connectivity index (χ2n) is 5.88. The number of carbonyl (C=O) groups is 1. The first-order chi connectivity index (χ1) is 12.0. The summed E-state index contributed by atoms with van der Waals surface area (Å²) in [4.78, 5) is 16.6. The van der Waals surface area contributed by atoms with Gasteiger partial charge in [0.1, 0.15) is 12.4 Å².